The molecule has 0 aliphatic rings. The number of aryl methyl sites for hydroxylation is 1. The summed E-state index contributed by atoms with van der Waals surface area (Å²) in [5.74, 6) is -0.332. The Bertz CT molecular complexity index is 612. The molecule has 0 radical (unpaired) electrons. The Hall–Kier alpha value is -1.02. The SMILES string of the molecule is CC(=O)c1c(C)nsc1Nc1cccc(F)c1I. The molecule has 0 aliphatic heterocycles. The second-order valence-electron chi connectivity index (χ2n) is 3.75. The normalized spacial score (nSPS) is 10.4. The van der Waals surface area contributed by atoms with Crippen molar-refractivity contribution in [3.63, 3.8) is 0 Å². The van der Waals surface area contributed by atoms with Crippen molar-refractivity contribution >= 4 is 50.6 Å². The van der Waals surface area contributed by atoms with Gasteiger partial charge < -0.3 is 5.32 Å². The molecular formula is C12H10FIN2OS. The van der Waals surface area contributed by atoms with Crippen molar-refractivity contribution in [3.8, 4) is 0 Å². The summed E-state index contributed by atoms with van der Waals surface area (Å²) >= 11 is 3.14. The fraction of sp³-hybridized carbons (Fsp3) is 0.167. The van der Waals surface area contributed by atoms with Gasteiger partial charge in [-0.3, -0.25) is 4.79 Å². The third-order valence-electron chi connectivity index (χ3n) is 2.41. The lowest BCUT2D eigenvalue weighted by Crippen LogP contribution is -2.00. The molecule has 0 amide bonds. The zero-order valence-corrected chi connectivity index (χ0v) is 12.7. The lowest BCUT2D eigenvalue weighted by Gasteiger charge is -2.08. The summed E-state index contributed by atoms with van der Waals surface area (Å²) in [7, 11) is 0. The van der Waals surface area contributed by atoms with Crippen LogP contribution in [-0.4, -0.2) is 10.2 Å². The van der Waals surface area contributed by atoms with Crippen LogP contribution >= 0.6 is 34.1 Å². The fourth-order valence-electron chi connectivity index (χ4n) is 1.59. The molecule has 0 saturated heterocycles. The van der Waals surface area contributed by atoms with Gasteiger partial charge in [0.2, 0.25) is 0 Å². The molecule has 94 valence electrons. The number of anilines is 2. The summed E-state index contributed by atoms with van der Waals surface area (Å²) in [6.07, 6.45) is 0. The first kappa shape index (κ1) is 13.4. The molecule has 6 heteroatoms. The van der Waals surface area contributed by atoms with E-state index >= 15 is 0 Å². The van der Waals surface area contributed by atoms with Crippen LogP contribution in [-0.2, 0) is 0 Å². The number of hydrogen-bond acceptors (Lipinski definition) is 4. The third kappa shape index (κ3) is 2.54. The highest BCUT2D eigenvalue weighted by Gasteiger charge is 2.16. The van der Waals surface area contributed by atoms with Crippen molar-refractivity contribution in [2.75, 3.05) is 5.32 Å². The molecular weight excluding hydrogens is 366 g/mol. The molecule has 1 N–H and O–H groups in total. The minimum Gasteiger partial charge on any atom is -0.344 e. The number of rotatable bonds is 3. The van der Waals surface area contributed by atoms with Crippen LogP contribution in [0, 0.1) is 16.3 Å². The van der Waals surface area contributed by atoms with Gasteiger partial charge in [-0.05, 0) is 60.1 Å². The minimum absolute atomic E-state index is 0.0461. The van der Waals surface area contributed by atoms with Crippen molar-refractivity contribution in [2.24, 2.45) is 0 Å². The lowest BCUT2D eigenvalue weighted by molar-refractivity contribution is 0.101. The van der Waals surface area contributed by atoms with E-state index in [0.717, 1.165) is 0 Å². The topological polar surface area (TPSA) is 42.0 Å². The van der Waals surface area contributed by atoms with E-state index in [9.17, 15) is 9.18 Å². The van der Waals surface area contributed by atoms with Crippen molar-refractivity contribution in [2.45, 2.75) is 13.8 Å². The summed E-state index contributed by atoms with van der Waals surface area (Å²) in [6, 6.07) is 4.79. The maximum absolute atomic E-state index is 13.4. The Morgan fingerprint density at radius 2 is 2.22 bits per heavy atom. The van der Waals surface area contributed by atoms with Crippen LogP contribution in [0.2, 0.25) is 0 Å². The molecule has 0 unspecified atom stereocenters. The van der Waals surface area contributed by atoms with E-state index in [1.807, 2.05) is 22.6 Å². The Balaban J connectivity index is 2.41. The molecule has 0 saturated carbocycles. The molecule has 1 aromatic heterocycles. The van der Waals surface area contributed by atoms with Crippen molar-refractivity contribution < 1.29 is 9.18 Å². The van der Waals surface area contributed by atoms with Gasteiger partial charge in [0.15, 0.2) is 5.78 Å². The predicted octanol–water partition coefficient (Wildman–Crippen LogP) is 4.14. The van der Waals surface area contributed by atoms with E-state index in [-0.39, 0.29) is 11.6 Å². The van der Waals surface area contributed by atoms with Gasteiger partial charge in [-0.2, -0.15) is 4.37 Å². The first-order chi connectivity index (χ1) is 8.50. The summed E-state index contributed by atoms with van der Waals surface area (Å²) in [4.78, 5) is 11.5. The number of ketones is 1. The van der Waals surface area contributed by atoms with E-state index in [1.165, 1.54) is 24.5 Å². The zero-order valence-electron chi connectivity index (χ0n) is 9.75. The number of carbonyl (C=O) groups is 1. The highest BCUT2D eigenvalue weighted by atomic mass is 127. The Kier molecular flexibility index (Phi) is 3.96. The number of hydrogen-bond donors (Lipinski definition) is 1. The molecule has 0 bridgehead atoms. The monoisotopic (exact) mass is 376 g/mol. The number of nitrogens with zero attached hydrogens (tertiary/aromatic N) is 1. The van der Waals surface area contributed by atoms with Gasteiger partial charge in [0, 0.05) is 0 Å². The van der Waals surface area contributed by atoms with Crippen LogP contribution in [0.5, 0.6) is 0 Å². The van der Waals surface area contributed by atoms with Gasteiger partial charge in [0.25, 0.3) is 0 Å². The fourth-order valence-corrected chi connectivity index (χ4v) is 2.94. The zero-order chi connectivity index (χ0) is 13.3. The van der Waals surface area contributed by atoms with Gasteiger partial charge in [0.05, 0.1) is 20.5 Å². The average molecular weight is 376 g/mol. The smallest absolute Gasteiger partial charge is 0.164 e. The second-order valence-corrected chi connectivity index (χ2v) is 5.61. The van der Waals surface area contributed by atoms with Gasteiger partial charge in [-0.25, -0.2) is 4.39 Å². The first-order valence-corrected chi connectivity index (χ1v) is 7.04. The largest absolute Gasteiger partial charge is 0.344 e. The average Bonchev–Trinajstić information content (AvgIpc) is 2.66. The van der Waals surface area contributed by atoms with Crippen LogP contribution in [0.25, 0.3) is 0 Å². The molecule has 2 aromatic rings. The maximum atomic E-state index is 13.4. The Morgan fingerprint density at radius 3 is 2.89 bits per heavy atom. The van der Waals surface area contributed by atoms with Gasteiger partial charge in [-0.15, -0.1) is 0 Å². The molecule has 2 rings (SSSR count). The molecule has 18 heavy (non-hydrogen) atoms. The quantitative estimate of drug-likeness (QED) is 0.647. The summed E-state index contributed by atoms with van der Waals surface area (Å²) in [6.45, 7) is 3.29. The van der Waals surface area contributed by atoms with Gasteiger partial charge in [0.1, 0.15) is 10.8 Å². The Labute approximate surface area is 122 Å². The number of halogens is 2. The first-order valence-electron chi connectivity index (χ1n) is 5.19. The second kappa shape index (κ2) is 5.31. The van der Waals surface area contributed by atoms with Gasteiger partial charge >= 0.3 is 0 Å². The van der Waals surface area contributed by atoms with E-state index in [2.05, 4.69) is 9.69 Å². The number of aromatic nitrogens is 1. The molecule has 0 fully saturated rings. The number of benzene rings is 1. The molecule has 1 aromatic carbocycles. The van der Waals surface area contributed by atoms with Crippen molar-refractivity contribution in [3.05, 3.63) is 38.8 Å². The summed E-state index contributed by atoms with van der Waals surface area (Å²) in [5.41, 5.74) is 1.91. The van der Waals surface area contributed by atoms with E-state index < -0.39 is 0 Å². The van der Waals surface area contributed by atoms with Gasteiger partial charge in [-0.1, -0.05) is 6.07 Å². The standard InChI is InChI=1S/C12H10FIN2OS/c1-6-10(7(2)17)12(18-16-6)15-9-5-3-4-8(13)11(9)14/h3-5,15H,1-2H3. The van der Waals surface area contributed by atoms with E-state index in [0.29, 0.717) is 25.5 Å². The third-order valence-corrected chi connectivity index (χ3v) is 4.36. The lowest BCUT2D eigenvalue weighted by atomic mass is 10.2. The van der Waals surface area contributed by atoms with E-state index in [4.69, 9.17) is 0 Å². The Morgan fingerprint density at radius 1 is 1.50 bits per heavy atom. The van der Waals surface area contributed by atoms with Crippen LogP contribution in [0.4, 0.5) is 15.1 Å². The predicted molar refractivity (Wildman–Crippen MR) is 79.3 cm³/mol. The van der Waals surface area contributed by atoms with Crippen LogP contribution in [0.15, 0.2) is 18.2 Å². The molecule has 1 heterocycles. The molecule has 0 aliphatic carbocycles. The molecule has 0 spiro atoms. The van der Waals surface area contributed by atoms with E-state index in [1.54, 1.807) is 19.1 Å². The number of carbonyl (C=O) groups excluding carboxylic acids is 1. The highest BCUT2D eigenvalue weighted by molar-refractivity contribution is 14.1. The molecule has 0 atom stereocenters. The number of Topliss-reactive ketones (excluding diaryl/α,β-unsaturated/α-hetero) is 1. The summed E-state index contributed by atoms with van der Waals surface area (Å²) < 4.78 is 18.1. The summed E-state index contributed by atoms with van der Waals surface area (Å²) in [5, 5.41) is 3.73. The van der Waals surface area contributed by atoms with Crippen LogP contribution in [0.3, 0.4) is 0 Å². The molecule has 3 nitrogen and oxygen atoms in total. The van der Waals surface area contributed by atoms with Crippen molar-refractivity contribution in [1.29, 1.82) is 0 Å². The minimum atomic E-state index is -0.286. The maximum Gasteiger partial charge on any atom is 0.164 e. The van der Waals surface area contributed by atoms with Crippen LogP contribution < -0.4 is 5.32 Å². The number of nitrogens with one attached hydrogen (secondary N) is 1. The van der Waals surface area contributed by atoms with Crippen molar-refractivity contribution in [1.82, 2.24) is 4.37 Å². The van der Waals surface area contributed by atoms with Crippen LogP contribution in [0.1, 0.15) is 23.0 Å². The highest BCUT2D eigenvalue weighted by Crippen LogP contribution is 2.31.